The molecular formula is C14H18N2O5. The summed E-state index contributed by atoms with van der Waals surface area (Å²) in [6.45, 7) is 4.90. The van der Waals surface area contributed by atoms with Crippen LogP contribution in [-0.2, 0) is 14.3 Å². The van der Waals surface area contributed by atoms with Crippen molar-refractivity contribution in [2.45, 2.75) is 33.6 Å². The van der Waals surface area contributed by atoms with Gasteiger partial charge in [-0.15, -0.1) is 0 Å². The molecule has 0 radical (unpaired) electrons. The maximum Gasteiger partial charge on any atom is 0.306 e. The maximum absolute atomic E-state index is 11.7. The number of rotatable bonds is 6. The van der Waals surface area contributed by atoms with E-state index in [0.29, 0.717) is 6.42 Å². The van der Waals surface area contributed by atoms with Gasteiger partial charge in [-0.05, 0) is 37.5 Å². The molecule has 0 bridgehead atoms. The van der Waals surface area contributed by atoms with Gasteiger partial charge in [0, 0.05) is 12.5 Å². The molecule has 1 amide bonds. The second-order valence-corrected chi connectivity index (χ2v) is 4.67. The lowest BCUT2D eigenvalue weighted by Gasteiger charge is -2.09. The molecule has 0 unspecified atom stereocenters. The lowest BCUT2D eigenvalue weighted by atomic mass is 10.1. The fraction of sp³-hybridized carbons (Fsp3) is 0.429. The van der Waals surface area contributed by atoms with Gasteiger partial charge in [-0.3, -0.25) is 19.7 Å². The molecule has 1 aromatic carbocycles. The van der Waals surface area contributed by atoms with Gasteiger partial charge in [0.25, 0.3) is 11.6 Å². The minimum Gasteiger partial charge on any atom is -0.456 e. The highest BCUT2D eigenvalue weighted by molar-refractivity contribution is 5.95. The molecule has 0 aromatic heterocycles. The van der Waals surface area contributed by atoms with Gasteiger partial charge in [0.15, 0.2) is 6.61 Å². The third-order valence-corrected chi connectivity index (χ3v) is 2.90. The van der Waals surface area contributed by atoms with Crippen LogP contribution in [0.3, 0.4) is 0 Å². The molecule has 1 N–H and O–H groups in total. The van der Waals surface area contributed by atoms with Crippen LogP contribution < -0.4 is 5.32 Å². The van der Waals surface area contributed by atoms with Gasteiger partial charge in [0.05, 0.1) is 4.92 Å². The van der Waals surface area contributed by atoms with Crippen molar-refractivity contribution >= 4 is 23.3 Å². The van der Waals surface area contributed by atoms with E-state index in [2.05, 4.69) is 5.32 Å². The quantitative estimate of drug-likeness (QED) is 0.493. The van der Waals surface area contributed by atoms with Gasteiger partial charge < -0.3 is 10.1 Å². The van der Waals surface area contributed by atoms with E-state index < -0.39 is 23.4 Å². The average Bonchev–Trinajstić information content (AvgIpc) is 2.40. The van der Waals surface area contributed by atoms with Gasteiger partial charge >= 0.3 is 5.97 Å². The minimum atomic E-state index is -0.606. The van der Waals surface area contributed by atoms with Crippen LogP contribution in [0.25, 0.3) is 0 Å². The van der Waals surface area contributed by atoms with Crippen LogP contribution in [0.2, 0.25) is 0 Å². The molecule has 21 heavy (non-hydrogen) atoms. The second kappa shape index (κ2) is 7.37. The molecule has 0 spiro atoms. The Hall–Kier alpha value is -2.44. The van der Waals surface area contributed by atoms with E-state index in [0.717, 1.165) is 11.1 Å². The number of amides is 1. The second-order valence-electron chi connectivity index (χ2n) is 4.67. The number of ether oxygens (including phenoxy) is 1. The zero-order chi connectivity index (χ0) is 16.0. The topological polar surface area (TPSA) is 98.5 Å². The van der Waals surface area contributed by atoms with Gasteiger partial charge in [0.1, 0.15) is 5.69 Å². The first-order chi connectivity index (χ1) is 9.85. The molecule has 7 heteroatoms. The summed E-state index contributed by atoms with van der Waals surface area (Å²) in [7, 11) is 0. The number of anilines is 1. The summed E-state index contributed by atoms with van der Waals surface area (Å²) in [5.74, 6) is -1.08. The van der Waals surface area contributed by atoms with Gasteiger partial charge in [-0.25, -0.2) is 0 Å². The van der Waals surface area contributed by atoms with Crippen LogP contribution >= 0.6 is 0 Å². The smallest absolute Gasteiger partial charge is 0.306 e. The SMILES string of the molecule is CCCC(=O)OCC(=O)Nc1cc(C)c(C)cc1[N+](=O)[O-]. The normalized spacial score (nSPS) is 10.0. The Morgan fingerprint density at radius 2 is 1.90 bits per heavy atom. The van der Waals surface area contributed by atoms with Crippen molar-refractivity contribution in [3.05, 3.63) is 33.4 Å². The summed E-state index contributed by atoms with van der Waals surface area (Å²) in [6.07, 6.45) is 0.861. The number of nitrogens with one attached hydrogen (secondary N) is 1. The molecule has 0 atom stereocenters. The zero-order valence-corrected chi connectivity index (χ0v) is 12.3. The number of benzene rings is 1. The molecule has 0 heterocycles. The number of hydrogen-bond acceptors (Lipinski definition) is 5. The zero-order valence-electron chi connectivity index (χ0n) is 12.3. The summed E-state index contributed by atoms with van der Waals surface area (Å²) < 4.78 is 4.75. The van der Waals surface area contributed by atoms with E-state index in [4.69, 9.17) is 4.74 Å². The fourth-order valence-corrected chi connectivity index (χ4v) is 1.66. The maximum atomic E-state index is 11.7. The van der Waals surface area contributed by atoms with Crippen molar-refractivity contribution in [2.24, 2.45) is 0 Å². The van der Waals surface area contributed by atoms with Crippen molar-refractivity contribution in [2.75, 3.05) is 11.9 Å². The highest BCUT2D eigenvalue weighted by atomic mass is 16.6. The first kappa shape index (κ1) is 16.6. The summed E-state index contributed by atoms with van der Waals surface area (Å²) >= 11 is 0. The molecule has 114 valence electrons. The number of nitro benzene ring substituents is 1. The van der Waals surface area contributed by atoms with Crippen LogP contribution in [0.1, 0.15) is 30.9 Å². The lowest BCUT2D eigenvalue weighted by Crippen LogP contribution is -2.21. The highest BCUT2D eigenvalue weighted by Crippen LogP contribution is 2.27. The third-order valence-electron chi connectivity index (χ3n) is 2.90. The predicted molar refractivity (Wildman–Crippen MR) is 77.1 cm³/mol. The van der Waals surface area contributed by atoms with Crippen molar-refractivity contribution in [1.82, 2.24) is 0 Å². The van der Waals surface area contributed by atoms with Crippen LogP contribution in [0.15, 0.2) is 12.1 Å². The summed E-state index contributed by atoms with van der Waals surface area (Å²) in [4.78, 5) is 33.3. The summed E-state index contributed by atoms with van der Waals surface area (Å²) in [6, 6.07) is 2.92. The monoisotopic (exact) mass is 294 g/mol. The Morgan fingerprint density at radius 1 is 1.29 bits per heavy atom. The first-order valence-corrected chi connectivity index (χ1v) is 6.56. The Kier molecular flexibility index (Phi) is 5.83. The number of carbonyl (C=O) groups is 2. The van der Waals surface area contributed by atoms with Crippen molar-refractivity contribution in [3.8, 4) is 0 Å². The average molecular weight is 294 g/mol. The lowest BCUT2D eigenvalue weighted by molar-refractivity contribution is -0.384. The molecule has 0 aliphatic rings. The van der Waals surface area contributed by atoms with Crippen molar-refractivity contribution in [1.29, 1.82) is 0 Å². The van der Waals surface area contributed by atoms with E-state index in [9.17, 15) is 19.7 Å². The largest absolute Gasteiger partial charge is 0.456 e. The molecule has 1 rings (SSSR count). The van der Waals surface area contributed by atoms with Crippen molar-refractivity contribution < 1.29 is 19.2 Å². The Labute approximate surface area is 122 Å². The first-order valence-electron chi connectivity index (χ1n) is 6.56. The van der Waals surface area contributed by atoms with Gasteiger partial charge in [-0.1, -0.05) is 6.92 Å². The molecule has 0 aliphatic heterocycles. The van der Waals surface area contributed by atoms with E-state index in [1.807, 2.05) is 6.92 Å². The van der Waals surface area contributed by atoms with Crippen LogP contribution in [0.5, 0.6) is 0 Å². The number of esters is 1. The van der Waals surface area contributed by atoms with Crippen LogP contribution in [-0.4, -0.2) is 23.4 Å². The van der Waals surface area contributed by atoms with Crippen molar-refractivity contribution in [3.63, 3.8) is 0 Å². The third kappa shape index (κ3) is 4.87. The predicted octanol–water partition coefficient (Wildman–Crippen LogP) is 2.49. The van der Waals surface area contributed by atoms with Gasteiger partial charge in [0.2, 0.25) is 0 Å². The standard InChI is InChI=1S/C14H18N2O5/c1-4-5-14(18)21-8-13(17)15-11-6-9(2)10(3)7-12(11)16(19)20/h6-7H,4-5,8H2,1-3H3,(H,15,17). The summed E-state index contributed by atoms with van der Waals surface area (Å²) in [5, 5.41) is 13.4. The Balaban J connectivity index is 2.78. The Morgan fingerprint density at radius 3 is 2.48 bits per heavy atom. The molecular weight excluding hydrogens is 276 g/mol. The molecule has 7 nitrogen and oxygen atoms in total. The number of aryl methyl sites for hydroxylation is 2. The molecule has 1 aromatic rings. The number of hydrogen-bond donors (Lipinski definition) is 1. The number of nitro groups is 1. The highest BCUT2D eigenvalue weighted by Gasteiger charge is 2.18. The minimum absolute atomic E-state index is 0.0969. The fourth-order valence-electron chi connectivity index (χ4n) is 1.66. The van der Waals surface area contributed by atoms with E-state index in [1.165, 1.54) is 12.1 Å². The number of carbonyl (C=O) groups excluding carboxylic acids is 2. The van der Waals surface area contributed by atoms with E-state index in [-0.39, 0.29) is 17.8 Å². The van der Waals surface area contributed by atoms with Gasteiger partial charge in [-0.2, -0.15) is 0 Å². The van der Waals surface area contributed by atoms with E-state index in [1.54, 1.807) is 13.8 Å². The van der Waals surface area contributed by atoms with E-state index >= 15 is 0 Å². The number of nitrogens with zero attached hydrogens (tertiary/aromatic N) is 1. The molecule has 0 saturated carbocycles. The molecule has 0 fully saturated rings. The Bertz CT molecular complexity index is 569. The molecule has 0 saturated heterocycles. The van der Waals surface area contributed by atoms with Crippen LogP contribution in [0, 0.1) is 24.0 Å². The summed E-state index contributed by atoms with van der Waals surface area (Å²) in [5.41, 5.74) is 1.49. The molecule has 0 aliphatic carbocycles. The van der Waals surface area contributed by atoms with Crippen LogP contribution in [0.4, 0.5) is 11.4 Å².